The molecule has 0 spiro atoms. The number of fused-ring (bicyclic) bond motifs is 2. The summed E-state index contributed by atoms with van der Waals surface area (Å²) in [5.41, 5.74) is -0.547. The lowest BCUT2D eigenvalue weighted by atomic mass is 9.82. The third-order valence-electron chi connectivity index (χ3n) is 5.27. The summed E-state index contributed by atoms with van der Waals surface area (Å²) in [6, 6.07) is 0. The Balaban J connectivity index is 1.60. The lowest BCUT2D eigenvalue weighted by Gasteiger charge is -2.38. The second-order valence-electron chi connectivity index (χ2n) is 8.13. The Morgan fingerprint density at radius 2 is 1.48 bits per heavy atom. The van der Waals surface area contributed by atoms with Gasteiger partial charge >= 0.3 is 12.1 Å². The zero-order valence-electron chi connectivity index (χ0n) is 15.0. The molecular formula is C18H26N2O5. The van der Waals surface area contributed by atoms with Gasteiger partial charge in [-0.2, -0.15) is 0 Å². The second kappa shape index (κ2) is 6.35. The largest absolute Gasteiger partial charge is 0.481 e. The molecule has 2 fully saturated rings. The molecule has 0 aromatic carbocycles. The molecule has 2 amide bonds. The summed E-state index contributed by atoms with van der Waals surface area (Å²) in [6.07, 6.45) is 4.31. The van der Waals surface area contributed by atoms with E-state index in [4.69, 9.17) is 4.74 Å². The van der Waals surface area contributed by atoms with Crippen molar-refractivity contribution in [1.82, 2.24) is 9.80 Å². The number of aliphatic carboxylic acids is 1. The molecular weight excluding hydrogens is 324 g/mol. The predicted octanol–water partition coefficient (Wildman–Crippen LogP) is 1.59. The Kier molecular flexibility index (Phi) is 4.51. The molecule has 3 aliphatic rings. The number of hydrogen-bond donors (Lipinski definition) is 1. The average Bonchev–Trinajstić information content (AvgIpc) is 3.13. The van der Waals surface area contributed by atoms with Gasteiger partial charge in [-0.3, -0.25) is 9.59 Å². The van der Waals surface area contributed by atoms with Crippen LogP contribution >= 0.6 is 0 Å². The lowest BCUT2D eigenvalue weighted by Crippen LogP contribution is -2.54. The number of ether oxygens (including phenoxy) is 1. The lowest BCUT2D eigenvalue weighted by molar-refractivity contribution is -0.151. The van der Waals surface area contributed by atoms with E-state index in [1.54, 1.807) is 9.80 Å². The molecule has 7 heteroatoms. The Morgan fingerprint density at radius 3 is 2.00 bits per heavy atom. The standard InChI is InChI=1S/C18H26N2O5/c1-18(2,3)25-17(24)20-8-6-19(7-9-20)15(21)13-11-4-5-12(10-11)14(13)16(22)23/h4-5,11-14H,6-10H2,1-3H3,(H,22,23)/t11-,12+,13?,14?/m1/s1. The van der Waals surface area contributed by atoms with Crippen LogP contribution in [-0.4, -0.2) is 64.7 Å². The first-order chi connectivity index (χ1) is 11.7. The van der Waals surface area contributed by atoms with Gasteiger partial charge in [0.2, 0.25) is 5.91 Å². The summed E-state index contributed by atoms with van der Waals surface area (Å²) in [4.78, 5) is 39.9. The zero-order valence-corrected chi connectivity index (χ0v) is 15.0. The van der Waals surface area contributed by atoms with Crippen LogP contribution in [0.5, 0.6) is 0 Å². The van der Waals surface area contributed by atoms with Crippen molar-refractivity contribution in [2.75, 3.05) is 26.2 Å². The topological polar surface area (TPSA) is 87.2 Å². The van der Waals surface area contributed by atoms with Crippen LogP contribution in [-0.2, 0) is 14.3 Å². The van der Waals surface area contributed by atoms with E-state index in [2.05, 4.69) is 0 Å². The molecule has 3 rings (SSSR count). The molecule has 7 nitrogen and oxygen atoms in total. The second-order valence-corrected chi connectivity index (χ2v) is 8.13. The van der Waals surface area contributed by atoms with Gasteiger partial charge in [-0.1, -0.05) is 12.2 Å². The Hall–Kier alpha value is -2.05. The number of carboxylic acid groups (broad SMARTS) is 1. The maximum Gasteiger partial charge on any atom is 0.410 e. The summed E-state index contributed by atoms with van der Waals surface area (Å²) < 4.78 is 5.36. The van der Waals surface area contributed by atoms with Crippen molar-refractivity contribution in [2.24, 2.45) is 23.7 Å². The van der Waals surface area contributed by atoms with Crippen LogP contribution < -0.4 is 0 Å². The summed E-state index contributed by atoms with van der Waals surface area (Å²) in [6.45, 7) is 7.12. The molecule has 138 valence electrons. The fraction of sp³-hybridized carbons (Fsp3) is 0.722. The van der Waals surface area contributed by atoms with Crippen LogP contribution in [0.1, 0.15) is 27.2 Å². The van der Waals surface area contributed by atoms with Crippen molar-refractivity contribution in [3.63, 3.8) is 0 Å². The first kappa shape index (κ1) is 17.8. The quantitative estimate of drug-likeness (QED) is 0.764. The first-order valence-electron chi connectivity index (χ1n) is 8.85. The molecule has 1 saturated heterocycles. The maximum atomic E-state index is 12.9. The van der Waals surface area contributed by atoms with Gasteiger partial charge in [0.05, 0.1) is 11.8 Å². The highest BCUT2D eigenvalue weighted by atomic mass is 16.6. The molecule has 4 atom stereocenters. The first-order valence-corrected chi connectivity index (χ1v) is 8.85. The van der Waals surface area contributed by atoms with Gasteiger partial charge < -0.3 is 19.6 Å². The number of allylic oxidation sites excluding steroid dienone is 2. The van der Waals surface area contributed by atoms with Gasteiger partial charge in [-0.15, -0.1) is 0 Å². The van der Waals surface area contributed by atoms with Gasteiger partial charge in [0.1, 0.15) is 5.60 Å². The van der Waals surface area contributed by atoms with Crippen molar-refractivity contribution < 1.29 is 24.2 Å². The highest BCUT2D eigenvalue weighted by molar-refractivity contribution is 5.87. The van der Waals surface area contributed by atoms with E-state index in [1.807, 2.05) is 32.9 Å². The highest BCUT2D eigenvalue weighted by Gasteiger charge is 2.52. The molecule has 0 aromatic rings. The van der Waals surface area contributed by atoms with Crippen LogP contribution in [0, 0.1) is 23.7 Å². The van der Waals surface area contributed by atoms with Gasteiger partial charge in [0, 0.05) is 26.2 Å². The van der Waals surface area contributed by atoms with E-state index in [0.29, 0.717) is 26.2 Å². The van der Waals surface area contributed by atoms with Crippen LogP contribution in [0.15, 0.2) is 12.2 Å². The third kappa shape index (κ3) is 3.50. The number of rotatable bonds is 2. The Labute approximate surface area is 147 Å². The van der Waals surface area contributed by atoms with Gasteiger partial charge in [-0.05, 0) is 39.0 Å². The minimum Gasteiger partial charge on any atom is -0.481 e. The fourth-order valence-corrected chi connectivity index (χ4v) is 4.14. The minimum atomic E-state index is -0.886. The average molecular weight is 350 g/mol. The van der Waals surface area contributed by atoms with E-state index in [9.17, 15) is 19.5 Å². The van der Waals surface area contributed by atoms with Gasteiger partial charge in [0.15, 0.2) is 0 Å². The van der Waals surface area contributed by atoms with Crippen LogP contribution in [0.2, 0.25) is 0 Å². The molecule has 25 heavy (non-hydrogen) atoms. The fourth-order valence-electron chi connectivity index (χ4n) is 4.14. The molecule has 1 saturated carbocycles. The maximum absolute atomic E-state index is 12.9. The van der Waals surface area contributed by atoms with E-state index >= 15 is 0 Å². The Morgan fingerprint density at radius 1 is 0.960 bits per heavy atom. The van der Waals surface area contributed by atoms with Crippen LogP contribution in [0.3, 0.4) is 0 Å². The number of piperazine rings is 1. The molecule has 2 unspecified atom stereocenters. The van der Waals surface area contributed by atoms with E-state index in [0.717, 1.165) is 6.42 Å². The number of hydrogen-bond acceptors (Lipinski definition) is 4. The highest BCUT2D eigenvalue weighted by Crippen LogP contribution is 2.48. The molecule has 0 aromatic heterocycles. The number of carboxylic acids is 1. The normalized spacial score (nSPS) is 31.3. The van der Waals surface area contributed by atoms with Crippen molar-refractivity contribution in [2.45, 2.75) is 32.8 Å². The number of carbonyl (C=O) groups is 3. The smallest absolute Gasteiger partial charge is 0.410 e. The van der Waals surface area contributed by atoms with E-state index < -0.39 is 23.4 Å². The van der Waals surface area contributed by atoms with Gasteiger partial charge in [0.25, 0.3) is 0 Å². The third-order valence-corrected chi connectivity index (χ3v) is 5.27. The summed E-state index contributed by atoms with van der Waals surface area (Å²) in [7, 11) is 0. The molecule has 2 bridgehead atoms. The summed E-state index contributed by atoms with van der Waals surface area (Å²) in [5, 5.41) is 9.50. The number of nitrogens with zero attached hydrogens (tertiary/aromatic N) is 2. The van der Waals surface area contributed by atoms with Crippen LogP contribution in [0.4, 0.5) is 4.79 Å². The minimum absolute atomic E-state index is 0.0282. The van der Waals surface area contributed by atoms with Crippen molar-refractivity contribution in [1.29, 1.82) is 0 Å². The molecule has 1 aliphatic heterocycles. The molecule has 0 radical (unpaired) electrons. The molecule has 2 aliphatic carbocycles. The molecule has 1 N–H and O–H groups in total. The Bertz CT molecular complexity index is 601. The predicted molar refractivity (Wildman–Crippen MR) is 89.7 cm³/mol. The summed E-state index contributed by atoms with van der Waals surface area (Å²) >= 11 is 0. The SMILES string of the molecule is CC(C)(C)OC(=O)N1CCN(C(=O)C2C(C(=O)O)[C@H]3C=C[C@@H]2C3)CC1. The number of amides is 2. The zero-order chi connectivity index (χ0) is 18.4. The van der Waals surface area contributed by atoms with Crippen LogP contribution in [0.25, 0.3) is 0 Å². The monoisotopic (exact) mass is 350 g/mol. The molecule has 1 heterocycles. The van der Waals surface area contributed by atoms with Crippen molar-refractivity contribution >= 4 is 18.0 Å². The van der Waals surface area contributed by atoms with E-state index in [-0.39, 0.29) is 23.8 Å². The van der Waals surface area contributed by atoms with Gasteiger partial charge in [-0.25, -0.2) is 4.79 Å². The number of carbonyl (C=O) groups excluding carboxylic acids is 2. The van der Waals surface area contributed by atoms with Crippen molar-refractivity contribution in [3.8, 4) is 0 Å². The summed E-state index contributed by atoms with van der Waals surface area (Å²) in [5.74, 6) is -2.07. The van der Waals surface area contributed by atoms with E-state index in [1.165, 1.54) is 0 Å². The van der Waals surface area contributed by atoms with Crippen molar-refractivity contribution in [3.05, 3.63) is 12.2 Å².